The summed E-state index contributed by atoms with van der Waals surface area (Å²) in [4.78, 5) is 10.8. The molecule has 0 saturated carbocycles. The summed E-state index contributed by atoms with van der Waals surface area (Å²) < 4.78 is 4.78. The molecule has 0 saturated heterocycles. The number of carbonyl (C=O) groups excluding carboxylic acids is 1. The normalized spacial score (nSPS) is 11.3. The lowest BCUT2D eigenvalue weighted by molar-refractivity contribution is -0.135. The fourth-order valence-electron chi connectivity index (χ4n) is 3.39. The Bertz CT molecular complexity index is 328. The zero-order valence-electron chi connectivity index (χ0n) is 18.0. The standard InChI is InChI=1S/C24H45ClO2/c1-2-3-4-5-6-7-8-9-10-11-12-13-14-15-16-17-18-19-20-21-22-27-24(26)23-25/h21-22H,2-20,23H2,1H3. The quantitative estimate of drug-likeness (QED) is 0.0832. The van der Waals surface area contributed by atoms with Gasteiger partial charge < -0.3 is 4.74 Å². The van der Waals surface area contributed by atoms with Gasteiger partial charge in [-0.15, -0.1) is 11.6 Å². The summed E-state index contributed by atoms with van der Waals surface area (Å²) in [5.74, 6) is -0.463. The first kappa shape index (κ1) is 26.5. The highest BCUT2D eigenvalue weighted by atomic mass is 35.5. The Kier molecular flexibility index (Phi) is 23.1. The molecule has 0 aromatic carbocycles. The van der Waals surface area contributed by atoms with E-state index in [1.807, 2.05) is 6.08 Å². The molecule has 0 N–H and O–H groups in total. The van der Waals surface area contributed by atoms with E-state index in [9.17, 15) is 4.79 Å². The number of hydrogen-bond acceptors (Lipinski definition) is 2. The molecule has 3 heteroatoms. The van der Waals surface area contributed by atoms with Crippen molar-refractivity contribution in [3.8, 4) is 0 Å². The number of rotatable bonds is 21. The minimum Gasteiger partial charge on any atom is -0.434 e. The Labute approximate surface area is 174 Å². The smallest absolute Gasteiger partial charge is 0.325 e. The van der Waals surface area contributed by atoms with E-state index in [1.54, 1.807) is 0 Å². The number of ether oxygens (including phenoxy) is 1. The van der Waals surface area contributed by atoms with Crippen LogP contribution in [0.2, 0.25) is 0 Å². The van der Waals surface area contributed by atoms with E-state index >= 15 is 0 Å². The van der Waals surface area contributed by atoms with Crippen LogP contribution in [0.4, 0.5) is 0 Å². The third-order valence-corrected chi connectivity index (χ3v) is 5.35. The Hall–Kier alpha value is -0.500. The molecule has 0 aliphatic carbocycles. The number of esters is 1. The molecule has 160 valence electrons. The molecule has 0 aliphatic heterocycles. The third-order valence-electron chi connectivity index (χ3n) is 5.13. The van der Waals surface area contributed by atoms with Gasteiger partial charge in [-0.05, 0) is 18.9 Å². The number of halogens is 1. The Morgan fingerprint density at radius 1 is 0.667 bits per heavy atom. The van der Waals surface area contributed by atoms with Gasteiger partial charge in [-0.1, -0.05) is 116 Å². The Balaban J connectivity index is 3.06. The molecule has 0 rings (SSSR count). The van der Waals surface area contributed by atoms with Gasteiger partial charge in [-0.25, -0.2) is 0 Å². The van der Waals surface area contributed by atoms with Gasteiger partial charge in [0.25, 0.3) is 0 Å². The number of unbranched alkanes of at least 4 members (excludes halogenated alkanes) is 18. The maximum atomic E-state index is 10.8. The van der Waals surface area contributed by atoms with Crippen molar-refractivity contribution in [3.63, 3.8) is 0 Å². The molecule has 0 heterocycles. The Morgan fingerprint density at radius 2 is 1.04 bits per heavy atom. The molecule has 0 bridgehead atoms. The van der Waals surface area contributed by atoms with Gasteiger partial charge in [0.2, 0.25) is 0 Å². The summed E-state index contributed by atoms with van der Waals surface area (Å²) in [6.07, 6.45) is 29.5. The molecule has 0 aromatic heterocycles. The minimum atomic E-state index is -0.384. The van der Waals surface area contributed by atoms with Crippen molar-refractivity contribution in [1.29, 1.82) is 0 Å². The van der Waals surface area contributed by atoms with E-state index in [2.05, 4.69) is 6.92 Å². The van der Waals surface area contributed by atoms with Gasteiger partial charge in [-0.3, -0.25) is 4.79 Å². The van der Waals surface area contributed by atoms with Crippen molar-refractivity contribution in [1.82, 2.24) is 0 Å². The zero-order valence-corrected chi connectivity index (χ0v) is 18.7. The SMILES string of the molecule is CCCCCCCCCCCCCCCCCCCCC=COC(=O)CCl. The van der Waals surface area contributed by atoms with Crippen LogP contribution < -0.4 is 0 Å². The maximum absolute atomic E-state index is 10.8. The molecular weight excluding hydrogens is 356 g/mol. The average Bonchev–Trinajstić information content (AvgIpc) is 2.68. The largest absolute Gasteiger partial charge is 0.434 e. The molecule has 0 amide bonds. The van der Waals surface area contributed by atoms with Crippen molar-refractivity contribution in [3.05, 3.63) is 12.3 Å². The molecule has 27 heavy (non-hydrogen) atoms. The van der Waals surface area contributed by atoms with E-state index in [0.29, 0.717) is 0 Å². The first-order valence-corrected chi connectivity index (χ1v) is 12.2. The third kappa shape index (κ3) is 23.5. The summed E-state index contributed by atoms with van der Waals surface area (Å²) in [5.41, 5.74) is 0. The Morgan fingerprint density at radius 3 is 1.41 bits per heavy atom. The summed E-state index contributed by atoms with van der Waals surface area (Å²) in [6, 6.07) is 0. The second kappa shape index (κ2) is 23.5. The predicted octanol–water partition coefficient (Wildman–Crippen LogP) is 8.71. The molecule has 0 spiro atoms. The topological polar surface area (TPSA) is 26.3 Å². The van der Waals surface area contributed by atoms with Crippen molar-refractivity contribution >= 4 is 17.6 Å². The first-order chi connectivity index (χ1) is 13.3. The van der Waals surface area contributed by atoms with Crippen molar-refractivity contribution in [2.45, 2.75) is 129 Å². The fourth-order valence-corrected chi connectivity index (χ4v) is 3.45. The summed E-state index contributed by atoms with van der Waals surface area (Å²) in [5, 5.41) is 0. The molecule has 0 unspecified atom stereocenters. The lowest BCUT2D eigenvalue weighted by Gasteiger charge is -2.03. The van der Waals surface area contributed by atoms with Crippen LogP contribution in [-0.4, -0.2) is 11.8 Å². The van der Waals surface area contributed by atoms with E-state index in [0.717, 1.165) is 6.42 Å². The molecule has 0 fully saturated rings. The lowest BCUT2D eigenvalue weighted by Crippen LogP contribution is -1.99. The van der Waals surface area contributed by atoms with Crippen molar-refractivity contribution < 1.29 is 9.53 Å². The average molecular weight is 401 g/mol. The van der Waals surface area contributed by atoms with Gasteiger partial charge in [0.05, 0.1) is 6.26 Å². The second-order valence-corrected chi connectivity index (χ2v) is 8.06. The van der Waals surface area contributed by atoms with Crippen LogP contribution in [-0.2, 0) is 9.53 Å². The van der Waals surface area contributed by atoms with E-state index < -0.39 is 0 Å². The van der Waals surface area contributed by atoms with E-state index in [1.165, 1.54) is 122 Å². The number of allylic oxidation sites excluding steroid dienone is 1. The molecule has 0 aliphatic rings. The molecule has 0 aromatic rings. The predicted molar refractivity (Wildman–Crippen MR) is 119 cm³/mol. The van der Waals surface area contributed by atoms with Crippen LogP contribution in [0.25, 0.3) is 0 Å². The molecule has 0 radical (unpaired) electrons. The molecule has 2 nitrogen and oxygen atoms in total. The van der Waals surface area contributed by atoms with E-state index in [-0.39, 0.29) is 11.8 Å². The maximum Gasteiger partial charge on any atom is 0.325 e. The number of hydrogen-bond donors (Lipinski definition) is 0. The van der Waals surface area contributed by atoms with Gasteiger partial charge in [-0.2, -0.15) is 0 Å². The highest BCUT2D eigenvalue weighted by molar-refractivity contribution is 6.26. The highest BCUT2D eigenvalue weighted by Gasteiger charge is 1.96. The highest BCUT2D eigenvalue weighted by Crippen LogP contribution is 2.14. The molecular formula is C24H45ClO2. The van der Waals surface area contributed by atoms with Gasteiger partial charge in [0.15, 0.2) is 0 Å². The van der Waals surface area contributed by atoms with Gasteiger partial charge in [0.1, 0.15) is 5.88 Å². The van der Waals surface area contributed by atoms with Crippen molar-refractivity contribution in [2.75, 3.05) is 5.88 Å². The van der Waals surface area contributed by atoms with Crippen LogP contribution >= 0.6 is 11.6 Å². The van der Waals surface area contributed by atoms with Gasteiger partial charge in [0, 0.05) is 0 Å². The second-order valence-electron chi connectivity index (χ2n) is 7.79. The van der Waals surface area contributed by atoms with E-state index in [4.69, 9.17) is 16.3 Å². The molecule has 0 atom stereocenters. The van der Waals surface area contributed by atoms with Crippen LogP contribution in [0.3, 0.4) is 0 Å². The summed E-state index contributed by atoms with van der Waals surface area (Å²) >= 11 is 5.34. The minimum absolute atomic E-state index is 0.0798. The lowest BCUT2D eigenvalue weighted by atomic mass is 10.0. The number of carbonyl (C=O) groups is 1. The zero-order chi connectivity index (χ0) is 19.8. The summed E-state index contributed by atoms with van der Waals surface area (Å²) in [7, 11) is 0. The number of alkyl halides is 1. The van der Waals surface area contributed by atoms with Crippen molar-refractivity contribution in [2.24, 2.45) is 0 Å². The van der Waals surface area contributed by atoms with Crippen LogP contribution in [0.1, 0.15) is 129 Å². The van der Waals surface area contributed by atoms with Crippen LogP contribution in [0, 0.1) is 0 Å². The van der Waals surface area contributed by atoms with Gasteiger partial charge >= 0.3 is 5.97 Å². The fraction of sp³-hybridized carbons (Fsp3) is 0.875. The first-order valence-electron chi connectivity index (χ1n) is 11.7. The monoisotopic (exact) mass is 400 g/mol. The summed E-state index contributed by atoms with van der Waals surface area (Å²) in [6.45, 7) is 2.29. The van der Waals surface area contributed by atoms with Crippen LogP contribution in [0.5, 0.6) is 0 Å². The van der Waals surface area contributed by atoms with Crippen LogP contribution in [0.15, 0.2) is 12.3 Å².